The predicted octanol–water partition coefficient (Wildman–Crippen LogP) is -0.372. The molecular formula is C13H26O6. The summed E-state index contributed by atoms with van der Waals surface area (Å²) in [6.45, 7) is 5.97. The fourth-order valence-corrected chi connectivity index (χ4v) is 1.99. The lowest BCUT2D eigenvalue weighted by atomic mass is 9.95. The van der Waals surface area contributed by atoms with Gasteiger partial charge in [-0.1, -0.05) is 13.8 Å². The normalized spacial score (nSPS) is 37.6. The molecule has 0 aromatic heterocycles. The van der Waals surface area contributed by atoms with E-state index >= 15 is 0 Å². The van der Waals surface area contributed by atoms with E-state index in [0.29, 0.717) is 19.4 Å². The topological polar surface area (TPSA) is 99.4 Å². The van der Waals surface area contributed by atoms with E-state index in [9.17, 15) is 20.4 Å². The van der Waals surface area contributed by atoms with Crippen molar-refractivity contribution in [3.8, 4) is 0 Å². The second kappa shape index (κ2) is 7.52. The van der Waals surface area contributed by atoms with Crippen molar-refractivity contribution in [2.45, 2.75) is 70.4 Å². The van der Waals surface area contributed by atoms with Gasteiger partial charge in [0.15, 0.2) is 6.29 Å². The van der Waals surface area contributed by atoms with Gasteiger partial charge in [-0.2, -0.15) is 0 Å². The highest BCUT2D eigenvalue weighted by molar-refractivity contribution is 4.89. The second-order valence-electron chi connectivity index (χ2n) is 5.67. The molecule has 0 spiro atoms. The molecular weight excluding hydrogens is 252 g/mol. The maximum atomic E-state index is 9.84. The summed E-state index contributed by atoms with van der Waals surface area (Å²) in [7, 11) is 0. The Morgan fingerprint density at radius 2 is 1.68 bits per heavy atom. The molecule has 1 unspecified atom stereocenters. The van der Waals surface area contributed by atoms with Crippen LogP contribution in [0.15, 0.2) is 0 Å². The molecule has 1 aliphatic heterocycles. The first-order valence-electron chi connectivity index (χ1n) is 6.82. The van der Waals surface area contributed by atoms with Crippen LogP contribution in [-0.4, -0.2) is 63.8 Å². The molecule has 114 valence electrons. The molecule has 0 aromatic carbocycles. The average molecular weight is 278 g/mol. The minimum absolute atomic E-state index is 0.274. The Hall–Kier alpha value is -0.240. The highest BCUT2D eigenvalue weighted by Gasteiger charge is 2.44. The third kappa shape index (κ3) is 4.98. The van der Waals surface area contributed by atoms with E-state index in [1.165, 1.54) is 0 Å². The van der Waals surface area contributed by atoms with Crippen molar-refractivity contribution in [1.82, 2.24) is 0 Å². The van der Waals surface area contributed by atoms with Crippen LogP contribution in [0.5, 0.6) is 0 Å². The summed E-state index contributed by atoms with van der Waals surface area (Å²) in [5.41, 5.74) is 0. The molecule has 6 nitrogen and oxygen atoms in total. The van der Waals surface area contributed by atoms with Gasteiger partial charge in [0, 0.05) is 0 Å². The van der Waals surface area contributed by atoms with E-state index in [0.717, 1.165) is 0 Å². The minimum Gasteiger partial charge on any atom is -0.393 e. The van der Waals surface area contributed by atoms with Crippen LogP contribution in [0.4, 0.5) is 0 Å². The number of hydrogen-bond acceptors (Lipinski definition) is 6. The van der Waals surface area contributed by atoms with Gasteiger partial charge in [-0.15, -0.1) is 0 Å². The lowest BCUT2D eigenvalue weighted by molar-refractivity contribution is -0.299. The van der Waals surface area contributed by atoms with Crippen molar-refractivity contribution in [2.75, 3.05) is 6.61 Å². The number of ether oxygens (including phenoxy) is 2. The van der Waals surface area contributed by atoms with Gasteiger partial charge in [-0.05, 0) is 25.7 Å². The minimum atomic E-state index is -1.30. The standard InChI is InChI=1S/C13H26O6/c1-7(2)6-18-13-12(17)11(16)10(15)9(19-13)5-4-8(3)14/h7-17H,4-6H2,1-3H3/t8?,9-,10-,11+,12-,13+/m1/s1. The van der Waals surface area contributed by atoms with Crippen molar-refractivity contribution in [1.29, 1.82) is 0 Å². The van der Waals surface area contributed by atoms with Crippen molar-refractivity contribution in [3.63, 3.8) is 0 Å². The van der Waals surface area contributed by atoms with E-state index < -0.39 is 36.8 Å². The summed E-state index contributed by atoms with van der Waals surface area (Å²) in [4.78, 5) is 0. The van der Waals surface area contributed by atoms with Gasteiger partial charge in [-0.25, -0.2) is 0 Å². The molecule has 6 heteroatoms. The second-order valence-corrected chi connectivity index (χ2v) is 5.67. The fraction of sp³-hybridized carbons (Fsp3) is 1.00. The lowest BCUT2D eigenvalue weighted by Crippen LogP contribution is -2.58. The number of aliphatic hydroxyl groups excluding tert-OH is 4. The van der Waals surface area contributed by atoms with E-state index in [-0.39, 0.29) is 5.92 Å². The van der Waals surface area contributed by atoms with Gasteiger partial charge in [0.25, 0.3) is 0 Å². The molecule has 0 radical (unpaired) electrons. The molecule has 0 aromatic rings. The number of rotatable bonds is 6. The van der Waals surface area contributed by atoms with Crippen molar-refractivity contribution in [2.24, 2.45) is 5.92 Å². The Labute approximate surface area is 114 Å². The molecule has 1 aliphatic rings. The molecule has 6 atom stereocenters. The monoisotopic (exact) mass is 278 g/mol. The van der Waals surface area contributed by atoms with Crippen LogP contribution >= 0.6 is 0 Å². The predicted molar refractivity (Wildman–Crippen MR) is 68.4 cm³/mol. The average Bonchev–Trinajstić information content (AvgIpc) is 2.33. The first kappa shape index (κ1) is 16.8. The third-order valence-corrected chi connectivity index (χ3v) is 3.13. The SMILES string of the molecule is CC(C)CO[C@H]1O[C@H](CCC(C)O)[C@@H](O)[C@H](O)[C@H]1O. The van der Waals surface area contributed by atoms with Crippen LogP contribution in [0.3, 0.4) is 0 Å². The maximum Gasteiger partial charge on any atom is 0.186 e. The van der Waals surface area contributed by atoms with Crippen molar-refractivity contribution >= 4 is 0 Å². The molecule has 4 N–H and O–H groups in total. The molecule has 1 fully saturated rings. The summed E-state index contributed by atoms with van der Waals surface area (Å²) in [5, 5.41) is 38.7. The van der Waals surface area contributed by atoms with Gasteiger partial charge in [0.2, 0.25) is 0 Å². The molecule has 1 heterocycles. The van der Waals surface area contributed by atoms with Crippen molar-refractivity contribution < 1.29 is 29.9 Å². The maximum absolute atomic E-state index is 9.84. The number of hydrogen-bond donors (Lipinski definition) is 4. The van der Waals surface area contributed by atoms with Crippen molar-refractivity contribution in [3.05, 3.63) is 0 Å². The molecule has 1 saturated heterocycles. The van der Waals surface area contributed by atoms with E-state index in [1.54, 1.807) is 6.92 Å². The molecule has 19 heavy (non-hydrogen) atoms. The largest absolute Gasteiger partial charge is 0.393 e. The summed E-state index contributed by atoms with van der Waals surface area (Å²) >= 11 is 0. The van der Waals surface area contributed by atoms with Gasteiger partial charge in [0.05, 0.1) is 18.8 Å². The zero-order valence-corrected chi connectivity index (χ0v) is 11.8. The Morgan fingerprint density at radius 1 is 1.05 bits per heavy atom. The highest BCUT2D eigenvalue weighted by atomic mass is 16.7. The van der Waals surface area contributed by atoms with Crippen LogP contribution in [0.25, 0.3) is 0 Å². The quantitative estimate of drug-likeness (QED) is 0.529. The van der Waals surface area contributed by atoms with Crippen LogP contribution in [0.1, 0.15) is 33.6 Å². The Kier molecular flexibility index (Phi) is 6.65. The smallest absolute Gasteiger partial charge is 0.186 e. The van der Waals surface area contributed by atoms with Gasteiger partial charge >= 0.3 is 0 Å². The summed E-state index contributed by atoms with van der Waals surface area (Å²) in [5.74, 6) is 0.274. The summed E-state index contributed by atoms with van der Waals surface area (Å²) in [6.07, 6.45) is -5.00. The zero-order valence-electron chi connectivity index (χ0n) is 11.8. The Morgan fingerprint density at radius 3 is 2.21 bits per heavy atom. The third-order valence-electron chi connectivity index (χ3n) is 3.13. The van der Waals surface area contributed by atoms with Crippen LogP contribution in [0, 0.1) is 5.92 Å². The molecule has 0 bridgehead atoms. The molecule has 1 rings (SSSR count). The number of aliphatic hydroxyl groups is 4. The van der Waals surface area contributed by atoms with Crippen LogP contribution in [-0.2, 0) is 9.47 Å². The first-order valence-corrected chi connectivity index (χ1v) is 6.82. The van der Waals surface area contributed by atoms with E-state index in [4.69, 9.17) is 9.47 Å². The fourth-order valence-electron chi connectivity index (χ4n) is 1.99. The van der Waals surface area contributed by atoms with Crippen LogP contribution < -0.4 is 0 Å². The first-order chi connectivity index (χ1) is 8.82. The lowest BCUT2D eigenvalue weighted by Gasteiger charge is -2.40. The van der Waals surface area contributed by atoms with Gasteiger partial charge in [-0.3, -0.25) is 0 Å². The Balaban J connectivity index is 2.57. The summed E-state index contributed by atoms with van der Waals surface area (Å²) < 4.78 is 10.9. The Bertz CT molecular complexity index is 234. The van der Waals surface area contributed by atoms with Gasteiger partial charge < -0.3 is 29.9 Å². The molecule has 0 amide bonds. The van der Waals surface area contributed by atoms with E-state index in [1.807, 2.05) is 13.8 Å². The van der Waals surface area contributed by atoms with Crippen LogP contribution in [0.2, 0.25) is 0 Å². The highest BCUT2D eigenvalue weighted by Crippen LogP contribution is 2.25. The molecule has 0 aliphatic carbocycles. The summed E-state index contributed by atoms with van der Waals surface area (Å²) in [6, 6.07) is 0. The van der Waals surface area contributed by atoms with Gasteiger partial charge in [0.1, 0.15) is 18.3 Å². The molecule has 0 saturated carbocycles. The van der Waals surface area contributed by atoms with E-state index in [2.05, 4.69) is 0 Å². The zero-order chi connectivity index (χ0) is 14.6.